The van der Waals surface area contributed by atoms with Crippen molar-refractivity contribution in [3.8, 4) is 5.88 Å². The van der Waals surface area contributed by atoms with Gasteiger partial charge >= 0.3 is 12.0 Å². The lowest BCUT2D eigenvalue weighted by molar-refractivity contribution is -0.142. The molecule has 1 aliphatic rings. The van der Waals surface area contributed by atoms with Crippen LogP contribution >= 0.6 is 0 Å². The number of hydrogen-bond donors (Lipinski definition) is 3. The van der Waals surface area contributed by atoms with Gasteiger partial charge < -0.3 is 20.5 Å². The van der Waals surface area contributed by atoms with Crippen LogP contribution in [0.25, 0.3) is 0 Å². The Morgan fingerprint density at radius 2 is 2.00 bits per heavy atom. The van der Waals surface area contributed by atoms with Crippen LogP contribution in [-0.2, 0) is 11.3 Å². The van der Waals surface area contributed by atoms with Gasteiger partial charge in [-0.25, -0.2) is 9.78 Å². The van der Waals surface area contributed by atoms with Gasteiger partial charge in [0.1, 0.15) is 0 Å². The lowest BCUT2D eigenvalue weighted by Gasteiger charge is -2.26. The highest BCUT2D eigenvalue weighted by Crippen LogP contribution is 2.24. The van der Waals surface area contributed by atoms with Crippen molar-refractivity contribution in [2.75, 3.05) is 0 Å². The minimum Gasteiger partial charge on any atom is -0.481 e. The highest BCUT2D eigenvalue weighted by molar-refractivity contribution is 5.74. The summed E-state index contributed by atoms with van der Waals surface area (Å²) in [5.74, 6) is -0.451. The first-order chi connectivity index (χ1) is 11.4. The Kier molecular flexibility index (Phi) is 6.40. The molecule has 7 nitrogen and oxygen atoms in total. The smallest absolute Gasteiger partial charge is 0.315 e. The third kappa shape index (κ3) is 5.72. The summed E-state index contributed by atoms with van der Waals surface area (Å²) in [6, 6.07) is 3.45. The van der Waals surface area contributed by atoms with Crippen LogP contribution < -0.4 is 15.4 Å². The summed E-state index contributed by atoms with van der Waals surface area (Å²) in [7, 11) is 0. The Morgan fingerprint density at radius 1 is 1.29 bits per heavy atom. The minimum absolute atomic E-state index is 0.0422. The van der Waals surface area contributed by atoms with Gasteiger partial charge in [0.15, 0.2) is 0 Å². The van der Waals surface area contributed by atoms with Crippen LogP contribution in [0.15, 0.2) is 18.3 Å². The van der Waals surface area contributed by atoms with Crippen LogP contribution in [0.5, 0.6) is 5.88 Å². The molecule has 2 amide bonds. The Labute approximate surface area is 141 Å². The van der Waals surface area contributed by atoms with E-state index in [0.717, 1.165) is 5.56 Å². The molecule has 0 atom stereocenters. The van der Waals surface area contributed by atoms with Gasteiger partial charge in [-0.15, -0.1) is 0 Å². The second kappa shape index (κ2) is 8.52. The zero-order valence-corrected chi connectivity index (χ0v) is 14.1. The molecule has 1 aromatic rings. The normalized spacial score (nSPS) is 20.5. The highest BCUT2D eigenvalue weighted by atomic mass is 16.5. The molecule has 3 N–H and O–H groups in total. The van der Waals surface area contributed by atoms with E-state index in [1.165, 1.54) is 0 Å². The zero-order valence-electron chi connectivity index (χ0n) is 14.1. The van der Waals surface area contributed by atoms with E-state index in [2.05, 4.69) is 15.6 Å². The molecule has 1 heterocycles. The van der Waals surface area contributed by atoms with E-state index in [0.29, 0.717) is 38.1 Å². The zero-order chi connectivity index (χ0) is 17.5. The van der Waals surface area contributed by atoms with E-state index in [1.807, 2.05) is 19.9 Å². The molecule has 2 rings (SSSR count). The maximum Gasteiger partial charge on any atom is 0.315 e. The first-order valence-corrected chi connectivity index (χ1v) is 8.32. The number of aliphatic carboxylic acids is 1. The van der Waals surface area contributed by atoms with Crippen molar-refractivity contribution in [3.05, 3.63) is 23.9 Å². The molecule has 1 saturated carbocycles. The van der Waals surface area contributed by atoms with Gasteiger partial charge in [0.2, 0.25) is 5.88 Å². The fraction of sp³-hybridized carbons (Fsp3) is 0.588. The molecule has 1 fully saturated rings. The van der Waals surface area contributed by atoms with Crippen LogP contribution in [0.4, 0.5) is 4.79 Å². The summed E-state index contributed by atoms with van der Waals surface area (Å²) in [5, 5.41) is 14.7. The SMILES string of the molecule is CC(C)Oc1ccc(CNC(=O)NC2CCC(C(=O)O)CC2)cn1. The lowest BCUT2D eigenvalue weighted by atomic mass is 9.86. The van der Waals surface area contributed by atoms with Gasteiger partial charge in [0, 0.05) is 24.8 Å². The molecule has 24 heavy (non-hydrogen) atoms. The molecule has 0 unspecified atom stereocenters. The first kappa shape index (κ1) is 18.0. The van der Waals surface area contributed by atoms with Crippen molar-refractivity contribution in [1.29, 1.82) is 0 Å². The molecule has 7 heteroatoms. The number of carboxylic acids is 1. The molecule has 0 spiro atoms. The monoisotopic (exact) mass is 335 g/mol. The summed E-state index contributed by atoms with van der Waals surface area (Å²) in [5.41, 5.74) is 0.885. The van der Waals surface area contributed by atoms with Crippen LogP contribution in [0.1, 0.15) is 45.1 Å². The summed E-state index contributed by atoms with van der Waals surface area (Å²) in [6.07, 6.45) is 4.38. The van der Waals surface area contributed by atoms with Gasteiger partial charge in [-0.2, -0.15) is 0 Å². The largest absolute Gasteiger partial charge is 0.481 e. The van der Waals surface area contributed by atoms with E-state index in [9.17, 15) is 9.59 Å². The Morgan fingerprint density at radius 3 is 2.54 bits per heavy atom. The van der Waals surface area contributed by atoms with Crippen LogP contribution in [0.2, 0.25) is 0 Å². The van der Waals surface area contributed by atoms with Crippen LogP contribution in [0.3, 0.4) is 0 Å². The van der Waals surface area contributed by atoms with Gasteiger partial charge in [0.05, 0.1) is 12.0 Å². The number of carboxylic acid groups (broad SMARTS) is 1. The molecule has 132 valence electrons. The second-order valence-electron chi connectivity index (χ2n) is 6.39. The number of ether oxygens (including phenoxy) is 1. The number of nitrogens with zero attached hydrogens (tertiary/aromatic N) is 1. The van der Waals surface area contributed by atoms with Gasteiger partial charge in [-0.1, -0.05) is 6.07 Å². The molecule has 0 radical (unpaired) electrons. The number of aromatic nitrogens is 1. The number of carbonyl (C=O) groups is 2. The molecule has 0 bridgehead atoms. The first-order valence-electron chi connectivity index (χ1n) is 8.32. The molecule has 1 aromatic heterocycles. The third-order valence-electron chi connectivity index (χ3n) is 4.02. The number of amides is 2. The Balaban J connectivity index is 1.70. The van der Waals surface area contributed by atoms with Gasteiger partial charge in [-0.3, -0.25) is 4.79 Å². The maximum absolute atomic E-state index is 11.9. The summed E-state index contributed by atoms with van der Waals surface area (Å²) in [6.45, 7) is 4.25. The number of hydrogen-bond acceptors (Lipinski definition) is 4. The standard InChI is InChI=1S/C17H25N3O4/c1-11(2)24-15-8-3-12(9-18-15)10-19-17(23)20-14-6-4-13(5-7-14)16(21)22/h3,8-9,11,13-14H,4-7,10H2,1-2H3,(H,21,22)(H2,19,20,23). The van der Waals surface area contributed by atoms with Crippen molar-refractivity contribution in [2.45, 2.75) is 58.2 Å². The van der Waals surface area contributed by atoms with Crippen molar-refractivity contribution < 1.29 is 19.4 Å². The molecule has 0 aliphatic heterocycles. The van der Waals surface area contributed by atoms with Crippen molar-refractivity contribution in [1.82, 2.24) is 15.6 Å². The number of rotatable bonds is 6. The fourth-order valence-electron chi connectivity index (χ4n) is 2.73. The molecule has 0 aromatic carbocycles. The van der Waals surface area contributed by atoms with Gasteiger partial charge in [0.25, 0.3) is 0 Å². The van der Waals surface area contributed by atoms with E-state index < -0.39 is 5.97 Å². The Hall–Kier alpha value is -2.31. The molecule has 1 aliphatic carbocycles. The Bertz CT molecular complexity index is 551. The summed E-state index contributed by atoms with van der Waals surface area (Å²) in [4.78, 5) is 27.0. The quantitative estimate of drug-likeness (QED) is 0.740. The van der Waals surface area contributed by atoms with Crippen LogP contribution in [0, 0.1) is 5.92 Å². The lowest BCUT2D eigenvalue weighted by Crippen LogP contribution is -2.43. The molecule has 0 saturated heterocycles. The van der Waals surface area contributed by atoms with Crippen molar-refractivity contribution in [3.63, 3.8) is 0 Å². The summed E-state index contributed by atoms with van der Waals surface area (Å²) >= 11 is 0. The predicted molar refractivity (Wildman–Crippen MR) is 88.8 cm³/mol. The number of pyridine rings is 1. The average molecular weight is 335 g/mol. The van der Waals surface area contributed by atoms with Crippen molar-refractivity contribution in [2.24, 2.45) is 5.92 Å². The molecular weight excluding hydrogens is 310 g/mol. The van der Waals surface area contributed by atoms with E-state index >= 15 is 0 Å². The number of nitrogens with one attached hydrogen (secondary N) is 2. The average Bonchev–Trinajstić information content (AvgIpc) is 2.54. The fourth-order valence-corrected chi connectivity index (χ4v) is 2.73. The highest BCUT2D eigenvalue weighted by Gasteiger charge is 2.26. The molecular formula is C17H25N3O4. The van der Waals surface area contributed by atoms with E-state index in [1.54, 1.807) is 12.3 Å². The number of urea groups is 1. The minimum atomic E-state index is -0.740. The maximum atomic E-state index is 11.9. The van der Waals surface area contributed by atoms with Crippen molar-refractivity contribution >= 4 is 12.0 Å². The van der Waals surface area contributed by atoms with Gasteiger partial charge in [-0.05, 0) is 45.1 Å². The second-order valence-corrected chi connectivity index (χ2v) is 6.39. The number of carbonyl (C=O) groups excluding carboxylic acids is 1. The topological polar surface area (TPSA) is 101 Å². The third-order valence-corrected chi connectivity index (χ3v) is 4.02. The van der Waals surface area contributed by atoms with E-state index in [-0.39, 0.29) is 24.1 Å². The predicted octanol–water partition coefficient (Wildman–Crippen LogP) is 2.31. The summed E-state index contributed by atoms with van der Waals surface area (Å²) < 4.78 is 5.47. The van der Waals surface area contributed by atoms with E-state index in [4.69, 9.17) is 9.84 Å². The van der Waals surface area contributed by atoms with Crippen LogP contribution in [-0.4, -0.2) is 34.2 Å².